The van der Waals surface area contributed by atoms with Gasteiger partial charge in [-0.15, -0.1) is 0 Å². The van der Waals surface area contributed by atoms with Crippen molar-refractivity contribution in [1.82, 2.24) is 0 Å². The van der Waals surface area contributed by atoms with Gasteiger partial charge in [-0.2, -0.15) is 0 Å². The van der Waals surface area contributed by atoms with Gasteiger partial charge in [0.15, 0.2) is 11.7 Å². The zero-order chi connectivity index (χ0) is 28.9. The number of ether oxygens (including phenoxy) is 3. The van der Waals surface area contributed by atoms with Gasteiger partial charge in [0.1, 0.15) is 82.8 Å². The van der Waals surface area contributed by atoms with Crippen LogP contribution in [0.25, 0.3) is 22.3 Å². The third-order valence-corrected chi connectivity index (χ3v) is 7.06. The summed E-state index contributed by atoms with van der Waals surface area (Å²) in [7, 11) is 0. The number of hydrogen-bond donors (Lipinski definition) is 9. The van der Waals surface area contributed by atoms with Crippen LogP contribution in [0.3, 0.4) is 0 Å². The van der Waals surface area contributed by atoms with Crippen molar-refractivity contribution in [2.45, 2.75) is 55.1 Å². The molecule has 0 aliphatic carbocycles. The van der Waals surface area contributed by atoms with Crippen LogP contribution in [-0.2, 0) is 14.2 Å². The molecule has 9 N–H and O–H groups in total. The number of aliphatic hydroxyl groups is 6. The van der Waals surface area contributed by atoms with E-state index in [1.165, 1.54) is 24.3 Å². The topological polar surface area (TPSA) is 240 Å². The van der Waals surface area contributed by atoms with E-state index >= 15 is 0 Å². The van der Waals surface area contributed by atoms with Crippen LogP contribution in [0.4, 0.5) is 0 Å². The van der Waals surface area contributed by atoms with Crippen molar-refractivity contribution < 1.29 is 64.6 Å². The molecular weight excluding hydrogens is 536 g/mol. The molecule has 0 saturated carbocycles. The summed E-state index contributed by atoms with van der Waals surface area (Å²) >= 11 is 0. The second-order valence-corrected chi connectivity index (χ2v) is 9.66. The van der Waals surface area contributed by atoms with Crippen LogP contribution < -0.4 is 5.43 Å². The van der Waals surface area contributed by atoms with Crippen LogP contribution in [0.2, 0.25) is 0 Å². The number of aliphatic hydroxyl groups excluding tert-OH is 6. The average molecular weight is 564 g/mol. The SMILES string of the molecule is O=c1cc(-c2ccc(O)cc2)oc2cc(O)c([C@@H]3OC(CO)[C@@H](O)[C@H](O)C3O[C@@H]3OC[C@@H](O)[C@H](O)C3O)c(O)c12. The lowest BCUT2D eigenvalue weighted by molar-refractivity contribution is -0.325. The minimum atomic E-state index is -1.85. The molecule has 14 nitrogen and oxygen atoms in total. The summed E-state index contributed by atoms with van der Waals surface area (Å²) in [6.07, 6.45) is -14.9. The number of hydrogen-bond acceptors (Lipinski definition) is 14. The van der Waals surface area contributed by atoms with Crippen LogP contribution >= 0.6 is 0 Å². The number of phenols is 3. The van der Waals surface area contributed by atoms with E-state index in [4.69, 9.17) is 18.6 Å². The van der Waals surface area contributed by atoms with Crippen molar-refractivity contribution in [3.63, 3.8) is 0 Å². The van der Waals surface area contributed by atoms with Crippen LogP contribution in [0.15, 0.2) is 45.6 Å². The van der Waals surface area contributed by atoms with Gasteiger partial charge >= 0.3 is 0 Å². The highest BCUT2D eigenvalue weighted by Crippen LogP contribution is 2.46. The molecule has 9 atom stereocenters. The summed E-state index contributed by atoms with van der Waals surface area (Å²) in [6.45, 7) is -1.24. The number of aromatic hydroxyl groups is 3. The Balaban J connectivity index is 1.58. The number of benzene rings is 2. The van der Waals surface area contributed by atoms with E-state index in [1.54, 1.807) is 0 Å². The molecule has 2 aliphatic rings. The fraction of sp³-hybridized carbons (Fsp3) is 0.423. The van der Waals surface area contributed by atoms with E-state index < -0.39 is 90.8 Å². The minimum Gasteiger partial charge on any atom is -0.508 e. The first kappa shape index (κ1) is 28.2. The van der Waals surface area contributed by atoms with Gasteiger partial charge in [-0.05, 0) is 24.3 Å². The first-order valence-electron chi connectivity index (χ1n) is 12.3. The lowest BCUT2D eigenvalue weighted by atomic mass is 9.89. The molecule has 0 radical (unpaired) electrons. The standard InChI is InChI=1S/C26H28O14/c27-7-16-20(33)22(35)25(40-26-23(36)19(32)13(31)8-37-26)24(39-16)18-12(30)6-15-17(21(18)34)11(29)5-14(38-15)9-1-3-10(28)4-2-9/h1-6,13,16,19-20,22-28,30-36H,7-8H2/t13-,16?,19+,20-,22+,23?,24+,25?,26+/m1/s1. The van der Waals surface area contributed by atoms with Crippen molar-refractivity contribution in [1.29, 1.82) is 0 Å². The predicted molar refractivity (Wildman–Crippen MR) is 132 cm³/mol. The summed E-state index contributed by atoms with van der Waals surface area (Å²) < 4.78 is 22.3. The zero-order valence-corrected chi connectivity index (χ0v) is 20.6. The van der Waals surface area contributed by atoms with Gasteiger partial charge in [0.2, 0.25) is 0 Å². The molecule has 2 fully saturated rings. The molecule has 3 heterocycles. The normalized spacial score (nSPS) is 32.8. The quantitative estimate of drug-likeness (QED) is 0.172. The van der Waals surface area contributed by atoms with Gasteiger partial charge in [0.05, 0.1) is 18.8 Å². The average Bonchev–Trinajstić information content (AvgIpc) is 2.92. The molecule has 14 heteroatoms. The number of rotatable bonds is 5. The smallest absolute Gasteiger partial charge is 0.197 e. The first-order valence-corrected chi connectivity index (χ1v) is 12.3. The van der Waals surface area contributed by atoms with Gasteiger partial charge in [0, 0.05) is 17.7 Å². The fourth-order valence-corrected chi connectivity index (χ4v) is 4.88. The number of fused-ring (bicyclic) bond motifs is 1. The van der Waals surface area contributed by atoms with E-state index in [0.717, 1.165) is 12.1 Å². The van der Waals surface area contributed by atoms with Gasteiger partial charge in [-0.3, -0.25) is 4.79 Å². The zero-order valence-electron chi connectivity index (χ0n) is 20.6. The van der Waals surface area contributed by atoms with Crippen molar-refractivity contribution >= 4 is 11.0 Å². The predicted octanol–water partition coefficient (Wildman–Crippen LogP) is -1.45. The highest BCUT2D eigenvalue weighted by Gasteiger charge is 2.50. The molecule has 2 aromatic carbocycles. The maximum absolute atomic E-state index is 13.1. The van der Waals surface area contributed by atoms with Gasteiger partial charge in [-0.1, -0.05) is 0 Å². The molecule has 0 amide bonds. The third-order valence-electron chi connectivity index (χ3n) is 7.06. The Hall–Kier alpha value is -3.31. The summed E-state index contributed by atoms with van der Waals surface area (Å²) in [4.78, 5) is 13.1. The Bertz CT molecular complexity index is 1420. The van der Waals surface area contributed by atoms with Gasteiger partial charge in [0.25, 0.3) is 0 Å². The Morgan fingerprint density at radius 1 is 0.900 bits per heavy atom. The van der Waals surface area contributed by atoms with Crippen LogP contribution in [0, 0.1) is 0 Å². The Morgan fingerprint density at radius 2 is 1.60 bits per heavy atom. The lowest BCUT2D eigenvalue weighted by Crippen LogP contribution is -2.60. The largest absolute Gasteiger partial charge is 0.508 e. The maximum atomic E-state index is 13.1. The highest BCUT2D eigenvalue weighted by atomic mass is 16.7. The van der Waals surface area contributed by atoms with Crippen molar-refractivity contribution in [3.05, 3.63) is 52.2 Å². The van der Waals surface area contributed by atoms with E-state index in [0.29, 0.717) is 5.56 Å². The Kier molecular flexibility index (Phi) is 7.71. The van der Waals surface area contributed by atoms with Gasteiger partial charge < -0.3 is 64.6 Å². The van der Waals surface area contributed by atoms with Crippen molar-refractivity contribution in [2.24, 2.45) is 0 Å². The van der Waals surface area contributed by atoms with Crippen molar-refractivity contribution in [2.75, 3.05) is 13.2 Å². The molecule has 2 aliphatic heterocycles. The molecule has 3 unspecified atom stereocenters. The molecule has 40 heavy (non-hydrogen) atoms. The summed E-state index contributed by atoms with van der Waals surface area (Å²) in [5, 5.41) is 92.3. The molecule has 0 bridgehead atoms. The minimum absolute atomic E-state index is 0.0126. The van der Waals surface area contributed by atoms with Crippen LogP contribution in [0.5, 0.6) is 17.2 Å². The third kappa shape index (κ3) is 4.89. The van der Waals surface area contributed by atoms with Crippen molar-refractivity contribution in [3.8, 4) is 28.6 Å². The Labute approximate surface area is 225 Å². The molecule has 5 rings (SSSR count). The first-order chi connectivity index (χ1) is 19.0. The Morgan fingerprint density at radius 3 is 2.27 bits per heavy atom. The summed E-state index contributed by atoms with van der Waals surface area (Å²) in [5.41, 5.74) is -0.980. The van der Waals surface area contributed by atoms with E-state index in [-0.39, 0.29) is 22.5 Å². The van der Waals surface area contributed by atoms with Gasteiger partial charge in [-0.25, -0.2) is 0 Å². The summed E-state index contributed by atoms with van der Waals surface area (Å²) in [5.74, 6) is -1.42. The number of phenolic OH excluding ortho intramolecular Hbond substituents is 3. The van der Waals surface area contributed by atoms with Crippen LogP contribution in [-0.4, -0.2) is 108 Å². The molecule has 216 valence electrons. The second-order valence-electron chi connectivity index (χ2n) is 9.66. The molecule has 2 saturated heterocycles. The lowest BCUT2D eigenvalue weighted by Gasteiger charge is -2.45. The van der Waals surface area contributed by atoms with Crippen LogP contribution in [0.1, 0.15) is 11.7 Å². The molecule has 1 aromatic heterocycles. The summed E-state index contributed by atoms with van der Waals surface area (Å²) in [6, 6.07) is 7.84. The van der Waals surface area contributed by atoms with E-state index in [2.05, 4.69) is 0 Å². The maximum Gasteiger partial charge on any atom is 0.197 e. The molecular formula is C26H28O14. The van der Waals surface area contributed by atoms with E-state index in [9.17, 15) is 50.8 Å². The van der Waals surface area contributed by atoms with E-state index in [1.807, 2.05) is 0 Å². The monoisotopic (exact) mass is 564 g/mol. The highest BCUT2D eigenvalue weighted by molar-refractivity contribution is 5.88. The fourth-order valence-electron chi connectivity index (χ4n) is 4.88. The molecule has 3 aromatic rings. The molecule has 0 spiro atoms. The second kappa shape index (κ2) is 10.9.